The van der Waals surface area contributed by atoms with Gasteiger partial charge in [-0.15, -0.1) is 0 Å². The molecule has 0 saturated heterocycles. The van der Waals surface area contributed by atoms with Crippen LogP contribution < -0.4 is 14.8 Å². The number of benzene rings is 1. The fourth-order valence-electron chi connectivity index (χ4n) is 3.57. The number of hydrogen-bond donors (Lipinski definition) is 1. The molecule has 1 aromatic carbocycles. The number of nitrogens with zero attached hydrogens (tertiary/aromatic N) is 3. The second-order valence-electron chi connectivity index (χ2n) is 7.16. The predicted molar refractivity (Wildman–Crippen MR) is 99.4 cm³/mol. The van der Waals surface area contributed by atoms with E-state index < -0.39 is 6.61 Å². The van der Waals surface area contributed by atoms with E-state index in [4.69, 9.17) is 14.7 Å². The molecule has 30 heavy (non-hydrogen) atoms. The van der Waals surface area contributed by atoms with Gasteiger partial charge in [-0.2, -0.15) is 19.1 Å². The number of nitrogens with one attached hydrogen (secondary N) is 1. The average Bonchev–Trinajstić information content (AvgIpc) is 3.16. The molecule has 0 spiro atoms. The molecule has 10 heteroatoms. The van der Waals surface area contributed by atoms with Crippen LogP contribution in [0.2, 0.25) is 0 Å². The van der Waals surface area contributed by atoms with Gasteiger partial charge < -0.3 is 19.5 Å². The summed E-state index contributed by atoms with van der Waals surface area (Å²) in [5.74, 6) is 0.788. The molecule has 0 aliphatic carbocycles. The highest BCUT2D eigenvalue weighted by atomic mass is 19.3. The number of carbonyl (C=O) groups is 1. The number of fused-ring (bicyclic) bond motifs is 2. The number of amides is 1. The predicted octanol–water partition coefficient (Wildman–Crippen LogP) is 2.27. The lowest BCUT2D eigenvalue weighted by atomic mass is 10.0. The van der Waals surface area contributed by atoms with Gasteiger partial charge in [0.15, 0.2) is 5.69 Å². The lowest BCUT2D eigenvalue weighted by Crippen LogP contribution is -2.42. The Labute approximate surface area is 171 Å². The average molecular weight is 418 g/mol. The van der Waals surface area contributed by atoms with Crippen molar-refractivity contribution < 1.29 is 27.8 Å². The summed E-state index contributed by atoms with van der Waals surface area (Å²) < 4.78 is 41.5. The Bertz CT molecular complexity index is 972. The molecule has 0 unspecified atom stereocenters. The van der Waals surface area contributed by atoms with Crippen molar-refractivity contribution in [1.82, 2.24) is 15.1 Å². The fourth-order valence-corrected chi connectivity index (χ4v) is 3.57. The Kier molecular flexibility index (Phi) is 5.81. The summed E-state index contributed by atoms with van der Waals surface area (Å²) in [7, 11) is 0. The number of hydrogen-bond acceptors (Lipinski definition) is 6. The molecular weight excluding hydrogens is 398 g/mol. The highest BCUT2D eigenvalue weighted by Gasteiger charge is 2.26. The zero-order chi connectivity index (χ0) is 21.1. The monoisotopic (exact) mass is 418 g/mol. The van der Waals surface area contributed by atoms with Gasteiger partial charge in [0.25, 0.3) is 5.91 Å². The van der Waals surface area contributed by atoms with Crippen molar-refractivity contribution in [3.8, 4) is 17.7 Å². The third kappa shape index (κ3) is 4.52. The molecule has 0 radical (unpaired) electrons. The number of carbonyl (C=O) groups excluding carboxylic acids is 1. The second-order valence-corrected chi connectivity index (χ2v) is 7.16. The number of aryl methyl sites for hydroxylation is 1. The Hall–Kier alpha value is -3.19. The van der Waals surface area contributed by atoms with E-state index in [1.54, 1.807) is 28.9 Å². The zero-order valence-electron chi connectivity index (χ0n) is 16.0. The van der Waals surface area contributed by atoms with Gasteiger partial charge in [-0.3, -0.25) is 4.79 Å². The number of halogens is 2. The number of rotatable bonds is 6. The summed E-state index contributed by atoms with van der Waals surface area (Å²) in [5.41, 5.74) is 1.62. The zero-order valence-corrected chi connectivity index (χ0v) is 16.0. The largest absolute Gasteiger partial charge is 0.491 e. The first-order chi connectivity index (χ1) is 14.5. The first kappa shape index (κ1) is 20.1. The van der Waals surface area contributed by atoms with E-state index in [9.17, 15) is 13.6 Å². The molecule has 2 aliphatic rings. The van der Waals surface area contributed by atoms with Crippen molar-refractivity contribution in [2.45, 2.75) is 44.6 Å². The van der Waals surface area contributed by atoms with Crippen molar-refractivity contribution in [3.63, 3.8) is 0 Å². The van der Waals surface area contributed by atoms with Crippen molar-refractivity contribution in [2.75, 3.05) is 13.2 Å². The van der Waals surface area contributed by atoms with Gasteiger partial charge in [-0.25, -0.2) is 4.68 Å². The van der Waals surface area contributed by atoms with Gasteiger partial charge in [0.1, 0.15) is 18.5 Å². The van der Waals surface area contributed by atoms with E-state index in [0.29, 0.717) is 49.6 Å². The lowest BCUT2D eigenvalue weighted by Gasteiger charge is -2.25. The van der Waals surface area contributed by atoms with Gasteiger partial charge in [-0.1, -0.05) is 0 Å². The number of alkyl halides is 2. The smallest absolute Gasteiger partial charge is 0.345 e. The summed E-state index contributed by atoms with van der Waals surface area (Å²) in [6, 6.07) is 8.60. The highest BCUT2D eigenvalue weighted by molar-refractivity contribution is 5.92. The van der Waals surface area contributed by atoms with Crippen LogP contribution in [0.1, 0.15) is 34.5 Å². The molecule has 4 rings (SSSR count). The van der Waals surface area contributed by atoms with Gasteiger partial charge in [-0.05, 0) is 30.2 Å². The van der Waals surface area contributed by atoms with Crippen LogP contribution in [0.15, 0.2) is 24.3 Å². The Morgan fingerprint density at radius 3 is 3.10 bits per heavy atom. The van der Waals surface area contributed by atoms with E-state index >= 15 is 0 Å². The van der Waals surface area contributed by atoms with Crippen LogP contribution in [0.5, 0.6) is 11.6 Å². The van der Waals surface area contributed by atoms with Crippen LogP contribution in [-0.4, -0.2) is 47.7 Å². The molecule has 3 heterocycles. The minimum Gasteiger partial charge on any atom is -0.491 e. The van der Waals surface area contributed by atoms with Gasteiger partial charge in [0, 0.05) is 25.5 Å². The third-order valence-electron chi connectivity index (χ3n) is 5.04. The van der Waals surface area contributed by atoms with Crippen LogP contribution in [0.3, 0.4) is 0 Å². The summed E-state index contributed by atoms with van der Waals surface area (Å²) in [4.78, 5) is 12.6. The Balaban J connectivity index is 1.35. The third-order valence-corrected chi connectivity index (χ3v) is 5.04. The molecule has 8 nitrogen and oxygen atoms in total. The van der Waals surface area contributed by atoms with Gasteiger partial charge in [0.05, 0.1) is 24.3 Å². The standard InChI is InChI=1S/C20H20F2N4O4/c21-20(22)28-6-4-15-3-5-26-18(30-15)9-16(25-26)19(27)24-14-8-13-7-12(10-23)1-2-17(13)29-11-14/h1-2,7,9,14-15,20H,3-6,8,11H2,(H,24,27)/t14-,15+/m1/s1. The maximum atomic E-state index is 12.6. The molecule has 2 aromatic rings. The number of nitriles is 1. The molecule has 2 aliphatic heterocycles. The van der Waals surface area contributed by atoms with Crippen LogP contribution in [0.25, 0.3) is 0 Å². The maximum Gasteiger partial charge on any atom is 0.345 e. The molecule has 1 aromatic heterocycles. The van der Waals surface area contributed by atoms with Crippen LogP contribution in [0.4, 0.5) is 8.78 Å². The lowest BCUT2D eigenvalue weighted by molar-refractivity contribution is -0.133. The van der Waals surface area contributed by atoms with E-state index in [1.165, 1.54) is 0 Å². The SMILES string of the molecule is N#Cc1ccc2c(c1)C[C@@H](NC(=O)c1cc3n(n1)CC[C@@H](CCOC(F)F)O3)CO2. The summed E-state index contributed by atoms with van der Waals surface area (Å²) >= 11 is 0. The van der Waals surface area contributed by atoms with E-state index in [0.717, 1.165) is 5.56 Å². The summed E-state index contributed by atoms with van der Waals surface area (Å²) in [6.45, 7) is -2.04. The molecule has 0 bridgehead atoms. The van der Waals surface area contributed by atoms with Gasteiger partial charge >= 0.3 is 6.61 Å². The highest BCUT2D eigenvalue weighted by Crippen LogP contribution is 2.27. The van der Waals surface area contributed by atoms with Gasteiger partial charge in [0.2, 0.25) is 5.88 Å². The Morgan fingerprint density at radius 1 is 1.43 bits per heavy atom. The first-order valence-corrected chi connectivity index (χ1v) is 9.63. The first-order valence-electron chi connectivity index (χ1n) is 9.63. The van der Waals surface area contributed by atoms with Crippen molar-refractivity contribution in [2.24, 2.45) is 0 Å². The van der Waals surface area contributed by atoms with Crippen molar-refractivity contribution in [3.05, 3.63) is 41.1 Å². The van der Waals surface area contributed by atoms with E-state index in [2.05, 4.69) is 21.2 Å². The summed E-state index contributed by atoms with van der Waals surface area (Å²) in [5, 5.41) is 16.2. The number of ether oxygens (including phenoxy) is 3. The van der Waals surface area contributed by atoms with Crippen molar-refractivity contribution in [1.29, 1.82) is 5.26 Å². The van der Waals surface area contributed by atoms with Crippen LogP contribution in [0, 0.1) is 11.3 Å². The van der Waals surface area contributed by atoms with E-state index in [1.807, 2.05) is 0 Å². The van der Waals surface area contributed by atoms with Crippen LogP contribution >= 0.6 is 0 Å². The number of aromatic nitrogens is 2. The van der Waals surface area contributed by atoms with E-state index in [-0.39, 0.29) is 30.4 Å². The second kappa shape index (κ2) is 8.67. The molecule has 1 amide bonds. The quantitative estimate of drug-likeness (QED) is 0.773. The summed E-state index contributed by atoms with van der Waals surface area (Å²) in [6.07, 6.45) is 1.21. The Morgan fingerprint density at radius 2 is 2.30 bits per heavy atom. The molecule has 158 valence electrons. The molecule has 2 atom stereocenters. The topological polar surface area (TPSA) is 98.4 Å². The van der Waals surface area contributed by atoms with Crippen LogP contribution in [-0.2, 0) is 17.7 Å². The molecular formula is C20H20F2N4O4. The minimum atomic E-state index is -2.79. The maximum absolute atomic E-state index is 12.6. The molecule has 0 fully saturated rings. The normalized spacial score (nSPS) is 19.8. The fraction of sp³-hybridized carbons (Fsp3) is 0.450. The van der Waals surface area contributed by atoms with Crippen molar-refractivity contribution >= 4 is 5.91 Å². The minimum absolute atomic E-state index is 0.0967. The molecule has 1 N–H and O–H groups in total. The molecule has 0 saturated carbocycles.